The van der Waals surface area contributed by atoms with Gasteiger partial charge in [-0.15, -0.1) is 0 Å². The zero-order valence-electron chi connectivity index (χ0n) is 19.7. The largest absolute Gasteiger partial charge is 0.423 e. The first-order valence-electron chi connectivity index (χ1n) is 11.3. The van der Waals surface area contributed by atoms with Gasteiger partial charge in [0.25, 0.3) is 0 Å². The molecule has 4 rings (SSSR count). The average Bonchev–Trinajstić information content (AvgIpc) is 3.24. The minimum Gasteiger partial charge on any atom is -0.423 e. The maximum atomic E-state index is 13.0. The first kappa shape index (κ1) is 25.1. The lowest BCUT2D eigenvalue weighted by Crippen LogP contribution is -2.43. The van der Waals surface area contributed by atoms with E-state index < -0.39 is 13.6 Å². The lowest BCUT2D eigenvalue weighted by atomic mass is 10.1. The Hall–Kier alpha value is -3.05. The van der Waals surface area contributed by atoms with Gasteiger partial charge < -0.3 is 30.6 Å². The van der Waals surface area contributed by atoms with Crippen molar-refractivity contribution >= 4 is 30.5 Å². The standard InChI is InChI=1S/C22H30N7O5P/c1-14(2)8-25-22(30)18(23)7-15-3-5-16(6-4-15)34-35(31)13-32-17(10-33-35)9-29-12-28-19-20(24)26-11-27-21(19)29/h3-6,11-12,14,17-18H,7-10,13,23H2,1-2H3,(H,25,30)(H2,24,26,27)/t17?,18-,35?/m0/s1. The van der Waals surface area contributed by atoms with Crippen LogP contribution in [0.4, 0.5) is 5.82 Å². The van der Waals surface area contributed by atoms with Crippen molar-refractivity contribution in [3.63, 3.8) is 0 Å². The molecule has 0 aliphatic carbocycles. The molecule has 5 N–H and O–H groups in total. The van der Waals surface area contributed by atoms with Gasteiger partial charge in [-0.05, 0) is 30.0 Å². The number of nitrogens with two attached hydrogens (primary N) is 2. The van der Waals surface area contributed by atoms with Crippen LogP contribution >= 0.6 is 7.60 Å². The first-order valence-corrected chi connectivity index (χ1v) is 13.0. The molecule has 12 nitrogen and oxygen atoms in total. The summed E-state index contributed by atoms with van der Waals surface area (Å²) in [4.78, 5) is 24.4. The molecule has 188 valence electrons. The summed E-state index contributed by atoms with van der Waals surface area (Å²) in [7, 11) is -3.48. The van der Waals surface area contributed by atoms with Crippen LogP contribution in [-0.4, -0.2) is 57.1 Å². The lowest BCUT2D eigenvalue weighted by Gasteiger charge is -2.29. The molecule has 1 aliphatic heterocycles. The molecule has 3 atom stereocenters. The lowest BCUT2D eigenvalue weighted by molar-refractivity contribution is -0.122. The Morgan fingerprint density at radius 3 is 2.74 bits per heavy atom. The molecule has 1 fully saturated rings. The van der Waals surface area contributed by atoms with Crippen LogP contribution in [-0.2, 0) is 31.6 Å². The van der Waals surface area contributed by atoms with Crippen LogP contribution in [0.25, 0.3) is 11.2 Å². The molecule has 0 saturated carbocycles. The Morgan fingerprint density at radius 2 is 2.06 bits per heavy atom. The average molecular weight is 504 g/mol. The smallest absolute Gasteiger partial charge is 0.404 e. The van der Waals surface area contributed by atoms with E-state index in [1.807, 2.05) is 13.8 Å². The maximum absolute atomic E-state index is 13.0. The van der Waals surface area contributed by atoms with Crippen LogP contribution in [0.3, 0.4) is 0 Å². The summed E-state index contributed by atoms with van der Waals surface area (Å²) in [5.41, 5.74) is 13.8. The summed E-state index contributed by atoms with van der Waals surface area (Å²) < 4.78 is 31.7. The highest BCUT2D eigenvalue weighted by molar-refractivity contribution is 7.54. The van der Waals surface area contributed by atoms with Gasteiger partial charge >= 0.3 is 7.60 Å². The molecular weight excluding hydrogens is 473 g/mol. The van der Waals surface area contributed by atoms with Crippen LogP contribution in [0.15, 0.2) is 36.9 Å². The number of hydrogen-bond acceptors (Lipinski definition) is 10. The number of anilines is 1. The van der Waals surface area contributed by atoms with E-state index in [4.69, 9.17) is 25.3 Å². The van der Waals surface area contributed by atoms with Crippen LogP contribution in [0.1, 0.15) is 19.4 Å². The van der Waals surface area contributed by atoms with Gasteiger partial charge in [-0.1, -0.05) is 26.0 Å². The van der Waals surface area contributed by atoms with E-state index in [0.29, 0.717) is 48.2 Å². The van der Waals surface area contributed by atoms with Gasteiger partial charge in [-0.3, -0.25) is 9.32 Å². The highest BCUT2D eigenvalue weighted by Crippen LogP contribution is 2.51. The number of nitrogen functional groups attached to an aromatic ring is 1. The third-order valence-corrected chi connectivity index (χ3v) is 6.90. The molecule has 1 aliphatic rings. The molecule has 35 heavy (non-hydrogen) atoms. The number of imidazole rings is 1. The van der Waals surface area contributed by atoms with Crippen molar-refractivity contribution in [2.45, 2.75) is 39.0 Å². The number of nitrogens with zero attached hydrogens (tertiary/aromatic N) is 4. The summed E-state index contributed by atoms with van der Waals surface area (Å²) in [5, 5.41) is 2.83. The molecule has 2 unspecified atom stereocenters. The maximum Gasteiger partial charge on any atom is 0.404 e. The van der Waals surface area contributed by atoms with Gasteiger partial charge in [0.2, 0.25) is 5.91 Å². The number of hydrogen-bond donors (Lipinski definition) is 3. The van der Waals surface area contributed by atoms with Gasteiger partial charge in [0.05, 0.1) is 25.5 Å². The molecule has 0 radical (unpaired) electrons. The van der Waals surface area contributed by atoms with Crippen LogP contribution in [0, 0.1) is 5.92 Å². The predicted octanol–water partition coefficient (Wildman–Crippen LogP) is 1.70. The molecule has 3 heterocycles. The summed E-state index contributed by atoms with van der Waals surface area (Å²) in [6, 6.07) is 6.25. The number of nitrogens with one attached hydrogen (secondary N) is 1. The fourth-order valence-electron chi connectivity index (χ4n) is 3.52. The topological polar surface area (TPSA) is 169 Å². The Balaban J connectivity index is 1.28. The highest BCUT2D eigenvalue weighted by Gasteiger charge is 2.35. The third-order valence-electron chi connectivity index (χ3n) is 5.40. The molecule has 0 bridgehead atoms. The number of rotatable bonds is 9. The number of aromatic nitrogens is 4. The number of amides is 1. The number of ether oxygens (including phenoxy) is 1. The van der Waals surface area contributed by atoms with E-state index in [2.05, 4.69) is 20.3 Å². The van der Waals surface area contributed by atoms with Crippen LogP contribution in [0.2, 0.25) is 0 Å². The third kappa shape index (κ3) is 6.34. The van der Waals surface area contributed by atoms with Crippen LogP contribution < -0.4 is 21.3 Å². The molecule has 0 spiro atoms. The van der Waals surface area contributed by atoms with Crippen molar-refractivity contribution in [3.8, 4) is 5.75 Å². The van der Waals surface area contributed by atoms with Gasteiger partial charge in [0.15, 0.2) is 17.8 Å². The number of benzene rings is 1. The second kappa shape index (κ2) is 10.7. The predicted molar refractivity (Wildman–Crippen MR) is 130 cm³/mol. The zero-order valence-corrected chi connectivity index (χ0v) is 20.6. The summed E-state index contributed by atoms with van der Waals surface area (Å²) in [6.07, 6.45) is 2.80. The quantitative estimate of drug-likeness (QED) is 0.365. The van der Waals surface area contributed by atoms with Gasteiger partial charge in [0.1, 0.15) is 23.7 Å². The van der Waals surface area contributed by atoms with Gasteiger partial charge in [0, 0.05) is 6.54 Å². The molecule has 3 aromatic rings. The summed E-state index contributed by atoms with van der Waals surface area (Å²) >= 11 is 0. The molecule has 1 saturated heterocycles. The zero-order chi connectivity index (χ0) is 25.0. The van der Waals surface area contributed by atoms with Crippen molar-refractivity contribution in [1.82, 2.24) is 24.8 Å². The fourth-order valence-corrected chi connectivity index (χ4v) is 4.93. The molecule has 2 aromatic heterocycles. The van der Waals surface area contributed by atoms with E-state index in [-0.39, 0.29) is 25.0 Å². The minimum absolute atomic E-state index is 0.0793. The highest BCUT2D eigenvalue weighted by atomic mass is 31.2. The first-order chi connectivity index (χ1) is 16.7. The summed E-state index contributed by atoms with van der Waals surface area (Å²) in [5.74, 6) is 0.844. The minimum atomic E-state index is -3.48. The van der Waals surface area contributed by atoms with E-state index in [1.54, 1.807) is 35.2 Å². The second-order valence-electron chi connectivity index (χ2n) is 8.84. The van der Waals surface area contributed by atoms with Gasteiger partial charge in [-0.2, -0.15) is 0 Å². The van der Waals surface area contributed by atoms with Crippen molar-refractivity contribution in [2.24, 2.45) is 11.7 Å². The summed E-state index contributed by atoms with van der Waals surface area (Å²) in [6.45, 7) is 5.09. The Bertz CT molecular complexity index is 1200. The number of fused-ring (bicyclic) bond motifs is 1. The van der Waals surface area contributed by atoms with Gasteiger partial charge in [-0.25, -0.2) is 19.5 Å². The molecule has 13 heteroatoms. The van der Waals surface area contributed by atoms with E-state index >= 15 is 0 Å². The van der Waals surface area contributed by atoms with E-state index in [0.717, 1.165) is 5.56 Å². The van der Waals surface area contributed by atoms with Crippen molar-refractivity contribution in [2.75, 3.05) is 25.2 Å². The number of carbonyl (C=O) groups excluding carboxylic acids is 1. The Morgan fingerprint density at radius 1 is 1.29 bits per heavy atom. The van der Waals surface area contributed by atoms with Crippen LogP contribution in [0.5, 0.6) is 5.75 Å². The Labute approximate surface area is 202 Å². The van der Waals surface area contributed by atoms with Crippen molar-refractivity contribution in [1.29, 1.82) is 0 Å². The monoisotopic (exact) mass is 503 g/mol. The molecular formula is C22H30N7O5P. The SMILES string of the molecule is CC(C)CNC(=O)[C@@H](N)Cc1ccc(OP2(=O)COC(Cn3cnc4c(N)ncnc43)CO2)cc1. The Kier molecular flexibility index (Phi) is 7.66. The van der Waals surface area contributed by atoms with E-state index in [1.165, 1.54) is 6.33 Å². The van der Waals surface area contributed by atoms with Crippen molar-refractivity contribution in [3.05, 3.63) is 42.5 Å². The normalized spacial score (nSPS) is 21.2. The second-order valence-corrected chi connectivity index (χ2v) is 10.8. The van der Waals surface area contributed by atoms with E-state index in [9.17, 15) is 9.36 Å². The fraction of sp³-hybridized carbons (Fsp3) is 0.455. The number of carbonyl (C=O) groups is 1. The molecule has 1 amide bonds. The molecule has 1 aromatic carbocycles. The van der Waals surface area contributed by atoms with Crippen molar-refractivity contribution < 1.29 is 23.1 Å².